The van der Waals surface area contributed by atoms with Crippen LogP contribution in [0.5, 0.6) is 0 Å². The first-order valence-electron chi connectivity index (χ1n) is 13.8. The summed E-state index contributed by atoms with van der Waals surface area (Å²) in [6.07, 6.45) is 0. The maximum Gasteiger partial charge on any atom is 0.160 e. The molecular weight excluding hydrogens is 516 g/mol. The van der Waals surface area contributed by atoms with Gasteiger partial charge in [0, 0.05) is 42.1 Å². The minimum absolute atomic E-state index is 0.745. The van der Waals surface area contributed by atoms with Crippen molar-refractivity contribution in [2.45, 2.75) is 0 Å². The van der Waals surface area contributed by atoms with Crippen LogP contribution < -0.4 is 0 Å². The molecule has 2 aromatic heterocycles. The van der Waals surface area contributed by atoms with Gasteiger partial charge in [-0.2, -0.15) is 0 Å². The molecule has 7 aromatic carbocycles. The number of nitrogens with zero attached hydrogens (tertiary/aromatic N) is 2. The van der Waals surface area contributed by atoms with Gasteiger partial charge in [0.1, 0.15) is 0 Å². The van der Waals surface area contributed by atoms with E-state index < -0.39 is 0 Å². The van der Waals surface area contributed by atoms with Crippen molar-refractivity contribution in [1.82, 2.24) is 9.97 Å². The SMILES string of the molecule is c1ccc(-c2nc(-c3ccc4c(ccc5ccc6ccc7c8ccccc8sc7c6c54)c3)nc3ccccc23)cc1. The highest BCUT2D eigenvalue weighted by atomic mass is 32.1. The average Bonchev–Trinajstić information content (AvgIpc) is 3.43. The lowest BCUT2D eigenvalue weighted by Crippen LogP contribution is -1.95. The maximum absolute atomic E-state index is 5.12. The van der Waals surface area contributed by atoms with Crippen LogP contribution in [-0.4, -0.2) is 9.97 Å². The van der Waals surface area contributed by atoms with Crippen LogP contribution in [0, 0.1) is 0 Å². The Hall–Kier alpha value is -5.12. The molecule has 0 radical (unpaired) electrons. The van der Waals surface area contributed by atoms with Gasteiger partial charge in [0.25, 0.3) is 0 Å². The molecule has 0 unspecified atom stereocenters. The molecule has 2 heterocycles. The fraction of sp³-hybridized carbons (Fsp3) is 0. The third kappa shape index (κ3) is 3.43. The van der Waals surface area contributed by atoms with Gasteiger partial charge >= 0.3 is 0 Å². The van der Waals surface area contributed by atoms with Crippen molar-refractivity contribution in [3.63, 3.8) is 0 Å². The van der Waals surface area contributed by atoms with E-state index in [1.165, 1.54) is 52.5 Å². The summed E-state index contributed by atoms with van der Waals surface area (Å²) >= 11 is 1.90. The van der Waals surface area contributed by atoms with Gasteiger partial charge in [-0.25, -0.2) is 9.97 Å². The summed E-state index contributed by atoms with van der Waals surface area (Å²) in [4.78, 5) is 10.1. The van der Waals surface area contributed by atoms with Crippen LogP contribution in [0.4, 0.5) is 0 Å². The van der Waals surface area contributed by atoms with Gasteiger partial charge < -0.3 is 0 Å². The molecule has 9 aromatic rings. The van der Waals surface area contributed by atoms with Gasteiger partial charge in [-0.3, -0.25) is 0 Å². The third-order valence-corrected chi connectivity index (χ3v) is 9.44. The molecule has 0 aliphatic rings. The van der Waals surface area contributed by atoms with E-state index in [1.807, 2.05) is 23.5 Å². The third-order valence-electron chi connectivity index (χ3n) is 8.23. The zero-order valence-electron chi connectivity index (χ0n) is 22.0. The molecule has 0 amide bonds. The van der Waals surface area contributed by atoms with E-state index in [2.05, 4.69) is 121 Å². The van der Waals surface area contributed by atoms with Crippen molar-refractivity contribution in [3.8, 4) is 22.6 Å². The van der Waals surface area contributed by atoms with Gasteiger partial charge in [0.05, 0.1) is 11.2 Å². The first kappa shape index (κ1) is 22.7. The summed E-state index contributed by atoms with van der Waals surface area (Å²) in [6.45, 7) is 0. The van der Waals surface area contributed by atoms with E-state index in [0.29, 0.717) is 0 Å². The molecule has 0 saturated heterocycles. The second-order valence-corrected chi connectivity index (χ2v) is 11.6. The molecule has 0 N–H and O–H groups in total. The van der Waals surface area contributed by atoms with Gasteiger partial charge in [0.15, 0.2) is 5.82 Å². The van der Waals surface area contributed by atoms with Crippen LogP contribution in [-0.2, 0) is 0 Å². The van der Waals surface area contributed by atoms with Crippen LogP contribution in [0.2, 0.25) is 0 Å². The summed E-state index contributed by atoms with van der Waals surface area (Å²) in [6, 6.07) is 47.7. The minimum Gasteiger partial charge on any atom is -0.228 e. The highest BCUT2D eigenvalue weighted by molar-refractivity contribution is 7.26. The van der Waals surface area contributed by atoms with E-state index in [4.69, 9.17) is 9.97 Å². The Morgan fingerprint density at radius 3 is 2.00 bits per heavy atom. The van der Waals surface area contributed by atoms with E-state index >= 15 is 0 Å². The molecule has 0 aliphatic heterocycles. The molecule has 2 nitrogen and oxygen atoms in total. The largest absolute Gasteiger partial charge is 0.228 e. The minimum atomic E-state index is 0.745. The van der Waals surface area contributed by atoms with E-state index in [1.54, 1.807) is 0 Å². The van der Waals surface area contributed by atoms with E-state index in [-0.39, 0.29) is 0 Å². The Labute approximate surface area is 240 Å². The zero-order chi connectivity index (χ0) is 26.9. The molecule has 41 heavy (non-hydrogen) atoms. The Bertz CT molecular complexity index is 2470. The van der Waals surface area contributed by atoms with Gasteiger partial charge in [-0.15, -0.1) is 11.3 Å². The summed E-state index contributed by atoms with van der Waals surface area (Å²) in [7, 11) is 0. The number of benzene rings is 7. The number of hydrogen-bond donors (Lipinski definition) is 0. The monoisotopic (exact) mass is 538 g/mol. The molecule has 3 heteroatoms. The summed E-state index contributed by atoms with van der Waals surface area (Å²) in [5.74, 6) is 0.745. The quantitative estimate of drug-likeness (QED) is 0.205. The van der Waals surface area contributed by atoms with Crippen molar-refractivity contribution in [1.29, 1.82) is 0 Å². The number of hydrogen-bond acceptors (Lipinski definition) is 3. The molecule has 190 valence electrons. The number of fused-ring (bicyclic) bond motifs is 10. The van der Waals surface area contributed by atoms with Crippen molar-refractivity contribution < 1.29 is 0 Å². The molecule has 0 aliphatic carbocycles. The fourth-order valence-corrected chi connectivity index (χ4v) is 7.57. The summed E-state index contributed by atoms with van der Waals surface area (Å²) in [5.41, 5.74) is 4.03. The Morgan fingerprint density at radius 1 is 0.439 bits per heavy atom. The molecule has 0 spiro atoms. The Morgan fingerprint density at radius 2 is 1.12 bits per heavy atom. The van der Waals surface area contributed by atoms with E-state index in [9.17, 15) is 0 Å². The normalized spacial score (nSPS) is 11.9. The van der Waals surface area contributed by atoms with Crippen LogP contribution >= 0.6 is 11.3 Å². The van der Waals surface area contributed by atoms with Gasteiger partial charge in [0.2, 0.25) is 0 Å². The topological polar surface area (TPSA) is 25.8 Å². The second kappa shape index (κ2) is 8.69. The number of para-hydroxylation sites is 1. The van der Waals surface area contributed by atoms with Crippen LogP contribution in [0.1, 0.15) is 0 Å². The van der Waals surface area contributed by atoms with Crippen LogP contribution in [0.15, 0.2) is 133 Å². The predicted molar refractivity (Wildman–Crippen MR) is 176 cm³/mol. The van der Waals surface area contributed by atoms with Crippen molar-refractivity contribution >= 4 is 74.7 Å². The smallest absolute Gasteiger partial charge is 0.160 e. The molecule has 0 saturated carbocycles. The molecule has 0 atom stereocenters. The molecular formula is C38H22N2S. The average molecular weight is 539 g/mol. The molecule has 0 fully saturated rings. The van der Waals surface area contributed by atoms with Crippen molar-refractivity contribution in [2.75, 3.05) is 0 Å². The fourth-order valence-electron chi connectivity index (χ4n) is 6.31. The van der Waals surface area contributed by atoms with Crippen molar-refractivity contribution in [3.05, 3.63) is 133 Å². The number of aromatic nitrogens is 2. The first-order valence-corrected chi connectivity index (χ1v) is 14.7. The second-order valence-electron chi connectivity index (χ2n) is 10.6. The Balaban J connectivity index is 1.32. The zero-order valence-corrected chi connectivity index (χ0v) is 22.8. The standard InChI is InChI=1S/C38H22N2S/c1-2-8-25(9-3-1)36-31-11-4-6-12-32(31)39-38(40-36)27-19-20-28-26(22-27)17-16-23-14-15-24-18-21-30-29-10-5-7-13-33(29)41-37(30)35(24)34(23)28/h1-22H. The summed E-state index contributed by atoms with van der Waals surface area (Å²) < 4.78 is 2.69. The van der Waals surface area contributed by atoms with Crippen molar-refractivity contribution in [2.24, 2.45) is 0 Å². The maximum atomic E-state index is 5.12. The van der Waals surface area contributed by atoms with E-state index in [0.717, 1.165) is 33.5 Å². The van der Waals surface area contributed by atoms with Gasteiger partial charge in [-0.1, -0.05) is 115 Å². The predicted octanol–water partition coefficient (Wildman–Crippen LogP) is 10.8. The first-order chi connectivity index (χ1) is 20.3. The highest BCUT2D eigenvalue weighted by Crippen LogP contribution is 2.43. The lowest BCUT2D eigenvalue weighted by molar-refractivity contribution is 1.23. The van der Waals surface area contributed by atoms with Gasteiger partial charge in [-0.05, 0) is 45.1 Å². The highest BCUT2D eigenvalue weighted by Gasteiger charge is 2.15. The Kier molecular flexibility index (Phi) is 4.80. The van der Waals surface area contributed by atoms with Crippen LogP contribution in [0.3, 0.4) is 0 Å². The lowest BCUT2D eigenvalue weighted by atomic mass is 9.94. The molecule has 9 rings (SSSR count). The van der Waals surface area contributed by atoms with Crippen LogP contribution in [0.25, 0.3) is 86.0 Å². The molecule has 0 bridgehead atoms. The number of thiophene rings is 1. The number of rotatable bonds is 2. The summed E-state index contributed by atoms with van der Waals surface area (Å²) in [5, 5.41) is 11.4. The lowest BCUT2D eigenvalue weighted by Gasteiger charge is -2.12.